The summed E-state index contributed by atoms with van der Waals surface area (Å²) in [6.07, 6.45) is 0.874. The number of nitrogens with zero attached hydrogens (tertiary/aromatic N) is 1. The number of methoxy groups -OCH3 is 3. The number of amides is 1. The SMILES string of the molecule is COc1ccc(OC)c(NC(=O)C2CCN(S(=O)(=O)c3ccc(OC)c(C)c3)CC2)c1. The van der Waals surface area contributed by atoms with E-state index < -0.39 is 10.0 Å². The van der Waals surface area contributed by atoms with Crippen LogP contribution in [0.15, 0.2) is 41.3 Å². The van der Waals surface area contributed by atoms with Crippen molar-refractivity contribution in [1.82, 2.24) is 4.31 Å². The van der Waals surface area contributed by atoms with Gasteiger partial charge in [0.1, 0.15) is 17.2 Å². The first-order chi connectivity index (χ1) is 14.8. The molecule has 0 saturated carbocycles. The summed E-state index contributed by atoms with van der Waals surface area (Å²) in [5, 5.41) is 2.89. The van der Waals surface area contributed by atoms with Crippen molar-refractivity contribution in [3.63, 3.8) is 0 Å². The smallest absolute Gasteiger partial charge is 0.243 e. The van der Waals surface area contributed by atoms with Gasteiger partial charge in [-0.2, -0.15) is 4.31 Å². The van der Waals surface area contributed by atoms with Crippen molar-refractivity contribution in [1.29, 1.82) is 0 Å². The lowest BCUT2D eigenvalue weighted by atomic mass is 9.97. The van der Waals surface area contributed by atoms with E-state index in [0.29, 0.717) is 35.8 Å². The van der Waals surface area contributed by atoms with Gasteiger partial charge in [0.15, 0.2) is 0 Å². The van der Waals surface area contributed by atoms with Gasteiger partial charge >= 0.3 is 0 Å². The Labute approximate surface area is 183 Å². The van der Waals surface area contributed by atoms with Crippen molar-refractivity contribution in [2.45, 2.75) is 24.7 Å². The molecule has 0 unspecified atom stereocenters. The normalized spacial score (nSPS) is 15.4. The number of hydrogen-bond donors (Lipinski definition) is 1. The molecule has 1 fully saturated rings. The highest BCUT2D eigenvalue weighted by Crippen LogP contribution is 2.31. The van der Waals surface area contributed by atoms with Crippen molar-refractivity contribution in [2.75, 3.05) is 39.7 Å². The maximum absolute atomic E-state index is 13.0. The number of anilines is 1. The Morgan fingerprint density at radius 3 is 2.19 bits per heavy atom. The maximum Gasteiger partial charge on any atom is 0.243 e. The van der Waals surface area contributed by atoms with Crippen LogP contribution in [0, 0.1) is 12.8 Å². The summed E-state index contributed by atoms with van der Waals surface area (Å²) >= 11 is 0. The molecular weight excluding hydrogens is 420 g/mol. The topological polar surface area (TPSA) is 94.2 Å². The molecule has 9 heteroatoms. The average Bonchev–Trinajstić information content (AvgIpc) is 2.78. The van der Waals surface area contributed by atoms with E-state index in [1.165, 1.54) is 11.4 Å². The fourth-order valence-electron chi connectivity index (χ4n) is 3.67. The third-order valence-corrected chi connectivity index (χ3v) is 7.39. The van der Waals surface area contributed by atoms with Gasteiger partial charge in [0.25, 0.3) is 0 Å². The Bertz CT molecular complexity index is 1050. The first kappa shape index (κ1) is 22.9. The summed E-state index contributed by atoms with van der Waals surface area (Å²) < 4.78 is 43.2. The van der Waals surface area contributed by atoms with Gasteiger partial charge < -0.3 is 19.5 Å². The minimum atomic E-state index is -3.63. The highest BCUT2D eigenvalue weighted by atomic mass is 32.2. The first-order valence-corrected chi connectivity index (χ1v) is 11.4. The van der Waals surface area contributed by atoms with Crippen LogP contribution in [0.1, 0.15) is 18.4 Å². The molecule has 1 heterocycles. The van der Waals surface area contributed by atoms with Gasteiger partial charge in [0.05, 0.1) is 31.9 Å². The lowest BCUT2D eigenvalue weighted by Gasteiger charge is -2.30. The zero-order valence-corrected chi connectivity index (χ0v) is 19.0. The van der Waals surface area contributed by atoms with Crippen molar-refractivity contribution in [2.24, 2.45) is 5.92 Å². The molecule has 0 bridgehead atoms. The molecule has 31 heavy (non-hydrogen) atoms. The van der Waals surface area contributed by atoms with Gasteiger partial charge in [-0.05, 0) is 55.7 Å². The molecule has 3 rings (SSSR count). The van der Waals surface area contributed by atoms with E-state index in [1.807, 2.05) is 0 Å². The Balaban J connectivity index is 1.66. The Kier molecular flexibility index (Phi) is 7.07. The fourth-order valence-corrected chi connectivity index (χ4v) is 5.22. The van der Waals surface area contributed by atoms with Gasteiger partial charge in [-0.25, -0.2) is 8.42 Å². The summed E-state index contributed by atoms with van der Waals surface area (Å²) in [6, 6.07) is 9.99. The molecule has 2 aromatic rings. The molecule has 1 aliphatic rings. The van der Waals surface area contributed by atoms with Gasteiger partial charge in [-0.15, -0.1) is 0 Å². The average molecular weight is 449 g/mol. The third-order valence-electron chi connectivity index (χ3n) is 5.49. The summed E-state index contributed by atoms with van der Waals surface area (Å²) in [4.78, 5) is 13.0. The van der Waals surface area contributed by atoms with Crippen molar-refractivity contribution >= 4 is 21.6 Å². The molecule has 0 spiro atoms. The van der Waals surface area contributed by atoms with Crippen LogP contribution in [-0.2, 0) is 14.8 Å². The van der Waals surface area contributed by atoms with Crippen LogP contribution in [0.5, 0.6) is 17.2 Å². The third kappa shape index (κ3) is 4.94. The molecule has 0 aliphatic carbocycles. The van der Waals surface area contributed by atoms with Crippen LogP contribution in [0.25, 0.3) is 0 Å². The quantitative estimate of drug-likeness (QED) is 0.700. The monoisotopic (exact) mass is 448 g/mol. The second-order valence-corrected chi connectivity index (χ2v) is 9.30. The zero-order chi connectivity index (χ0) is 22.6. The number of benzene rings is 2. The zero-order valence-electron chi connectivity index (χ0n) is 18.2. The fraction of sp³-hybridized carbons (Fsp3) is 0.409. The predicted molar refractivity (Wildman–Crippen MR) is 117 cm³/mol. The summed E-state index contributed by atoms with van der Waals surface area (Å²) in [5.74, 6) is 1.32. The summed E-state index contributed by atoms with van der Waals surface area (Å²) in [7, 11) is 1.00. The Morgan fingerprint density at radius 2 is 1.61 bits per heavy atom. The van der Waals surface area contributed by atoms with Crippen LogP contribution in [0.2, 0.25) is 0 Å². The number of carbonyl (C=O) groups excluding carboxylic acids is 1. The minimum Gasteiger partial charge on any atom is -0.497 e. The number of ether oxygens (including phenoxy) is 3. The summed E-state index contributed by atoms with van der Waals surface area (Å²) in [5.41, 5.74) is 1.28. The number of piperidine rings is 1. The molecule has 1 amide bonds. The molecular formula is C22H28N2O6S. The molecule has 0 atom stereocenters. The molecule has 1 saturated heterocycles. The summed E-state index contributed by atoms with van der Waals surface area (Å²) in [6.45, 7) is 2.36. The lowest BCUT2D eigenvalue weighted by molar-refractivity contribution is -0.120. The minimum absolute atomic E-state index is 0.163. The van der Waals surface area contributed by atoms with E-state index in [4.69, 9.17) is 14.2 Å². The van der Waals surface area contributed by atoms with Gasteiger partial charge in [-0.1, -0.05) is 0 Å². The number of aryl methyl sites for hydroxylation is 1. The number of rotatable bonds is 7. The van der Waals surface area contributed by atoms with Crippen LogP contribution >= 0.6 is 0 Å². The Morgan fingerprint density at radius 1 is 0.968 bits per heavy atom. The van der Waals surface area contributed by atoms with E-state index in [-0.39, 0.29) is 29.8 Å². The highest BCUT2D eigenvalue weighted by molar-refractivity contribution is 7.89. The van der Waals surface area contributed by atoms with E-state index in [2.05, 4.69) is 5.32 Å². The molecule has 0 aromatic heterocycles. The van der Waals surface area contributed by atoms with E-state index >= 15 is 0 Å². The van der Waals surface area contributed by atoms with E-state index in [0.717, 1.165) is 5.56 Å². The molecule has 2 aromatic carbocycles. The van der Waals surface area contributed by atoms with Crippen LogP contribution < -0.4 is 19.5 Å². The maximum atomic E-state index is 13.0. The standard InChI is InChI=1S/C22H28N2O6S/c1-15-13-18(6-8-20(15)29-3)31(26,27)24-11-9-16(10-12-24)22(25)23-19-14-17(28-2)5-7-21(19)30-4/h5-8,13-14,16H,9-12H2,1-4H3,(H,23,25). The van der Waals surface area contributed by atoms with Crippen LogP contribution in [0.4, 0.5) is 5.69 Å². The second-order valence-electron chi connectivity index (χ2n) is 7.37. The van der Waals surface area contributed by atoms with Crippen molar-refractivity contribution < 1.29 is 27.4 Å². The highest BCUT2D eigenvalue weighted by Gasteiger charge is 2.32. The van der Waals surface area contributed by atoms with E-state index in [9.17, 15) is 13.2 Å². The number of carbonyl (C=O) groups is 1. The predicted octanol–water partition coefficient (Wildman–Crippen LogP) is 3.06. The largest absolute Gasteiger partial charge is 0.497 e. The van der Waals surface area contributed by atoms with Gasteiger partial charge in [-0.3, -0.25) is 4.79 Å². The number of nitrogens with one attached hydrogen (secondary N) is 1. The first-order valence-electron chi connectivity index (χ1n) is 9.97. The van der Waals surface area contributed by atoms with Crippen LogP contribution in [0.3, 0.4) is 0 Å². The van der Waals surface area contributed by atoms with Crippen LogP contribution in [-0.4, -0.2) is 53.0 Å². The van der Waals surface area contributed by atoms with Gasteiger partial charge in [0, 0.05) is 25.1 Å². The Hall–Kier alpha value is -2.78. The molecule has 1 N–H and O–H groups in total. The second kappa shape index (κ2) is 9.57. The lowest BCUT2D eigenvalue weighted by Crippen LogP contribution is -2.41. The van der Waals surface area contributed by atoms with Gasteiger partial charge in [0.2, 0.25) is 15.9 Å². The van der Waals surface area contributed by atoms with E-state index in [1.54, 1.807) is 57.5 Å². The molecule has 8 nitrogen and oxygen atoms in total. The number of sulfonamides is 1. The van der Waals surface area contributed by atoms with Crippen molar-refractivity contribution in [3.8, 4) is 17.2 Å². The molecule has 1 aliphatic heterocycles. The molecule has 0 radical (unpaired) electrons. The van der Waals surface area contributed by atoms with Crippen molar-refractivity contribution in [3.05, 3.63) is 42.0 Å². The number of hydrogen-bond acceptors (Lipinski definition) is 6. The molecule has 168 valence electrons.